The lowest BCUT2D eigenvalue weighted by Crippen LogP contribution is -2.10. The molecule has 0 radical (unpaired) electrons. The molecule has 0 saturated carbocycles. The molecular weight excluding hydrogens is 322 g/mol. The van der Waals surface area contributed by atoms with Crippen molar-refractivity contribution in [3.63, 3.8) is 0 Å². The first-order chi connectivity index (χ1) is 11.0. The number of anilines is 1. The van der Waals surface area contributed by atoms with Crippen LogP contribution in [0.2, 0.25) is 5.02 Å². The van der Waals surface area contributed by atoms with E-state index in [1.54, 1.807) is 12.1 Å². The molecule has 8 heteroatoms. The number of nitrogens with one attached hydrogen (secondary N) is 1. The standard InChI is InChI=1S/C15H14ClN3O4/c1-23-15(20)11-8-13(19(21)22)14(18-9-11)17-7-6-10-2-4-12(16)5-3-10/h2-5,8-9H,6-7H2,1H3,(H,17,18). The molecule has 0 saturated heterocycles. The Bertz CT molecular complexity index is 719. The van der Waals surface area contributed by atoms with Gasteiger partial charge >= 0.3 is 11.7 Å². The highest BCUT2D eigenvalue weighted by atomic mass is 35.5. The third kappa shape index (κ3) is 4.40. The van der Waals surface area contributed by atoms with Gasteiger partial charge in [0.15, 0.2) is 0 Å². The summed E-state index contributed by atoms with van der Waals surface area (Å²) in [5.74, 6) is -0.565. The number of aromatic nitrogens is 1. The molecular formula is C15H14ClN3O4. The number of nitrogens with zero attached hydrogens (tertiary/aromatic N) is 2. The van der Waals surface area contributed by atoms with Crippen molar-refractivity contribution in [3.8, 4) is 0 Å². The van der Waals surface area contributed by atoms with Gasteiger partial charge in [-0.25, -0.2) is 9.78 Å². The van der Waals surface area contributed by atoms with Gasteiger partial charge in [0.2, 0.25) is 5.82 Å². The largest absolute Gasteiger partial charge is 0.465 e. The molecule has 0 aliphatic heterocycles. The van der Waals surface area contributed by atoms with E-state index < -0.39 is 10.9 Å². The Balaban J connectivity index is 2.08. The molecule has 23 heavy (non-hydrogen) atoms. The van der Waals surface area contributed by atoms with E-state index in [4.69, 9.17) is 11.6 Å². The number of carbonyl (C=O) groups is 1. The van der Waals surface area contributed by atoms with Gasteiger partial charge in [0.1, 0.15) is 0 Å². The maximum atomic E-state index is 11.4. The molecule has 2 aromatic rings. The first kappa shape index (κ1) is 16.7. The van der Waals surface area contributed by atoms with Gasteiger partial charge in [-0.1, -0.05) is 23.7 Å². The smallest absolute Gasteiger partial charge is 0.339 e. The topological polar surface area (TPSA) is 94.4 Å². The molecule has 0 fully saturated rings. The first-order valence-electron chi connectivity index (χ1n) is 6.72. The predicted molar refractivity (Wildman–Crippen MR) is 85.9 cm³/mol. The molecule has 0 amide bonds. The van der Waals surface area contributed by atoms with Gasteiger partial charge in [0.05, 0.1) is 17.6 Å². The van der Waals surface area contributed by atoms with Gasteiger partial charge in [0.25, 0.3) is 0 Å². The SMILES string of the molecule is COC(=O)c1cnc(NCCc2ccc(Cl)cc2)c([N+](=O)[O-])c1. The van der Waals surface area contributed by atoms with Crippen LogP contribution in [0.3, 0.4) is 0 Å². The number of esters is 1. The lowest BCUT2D eigenvalue weighted by atomic mass is 10.1. The lowest BCUT2D eigenvalue weighted by Gasteiger charge is -2.07. The van der Waals surface area contributed by atoms with Crippen LogP contribution in [0, 0.1) is 10.1 Å². The first-order valence-corrected chi connectivity index (χ1v) is 7.10. The number of pyridine rings is 1. The number of ether oxygens (including phenoxy) is 1. The summed E-state index contributed by atoms with van der Waals surface area (Å²) >= 11 is 5.81. The summed E-state index contributed by atoms with van der Waals surface area (Å²) in [5.41, 5.74) is 0.794. The third-order valence-corrected chi connectivity index (χ3v) is 3.36. The molecule has 7 nitrogen and oxygen atoms in total. The van der Waals surface area contributed by atoms with E-state index in [1.165, 1.54) is 13.3 Å². The minimum Gasteiger partial charge on any atom is -0.465 e. The fourth-order valence-electron chi connectivity index (χ4n) is 1.93. The highest BCUT2D eigenvalue weighted by Gasteiger charge is 2.19. The number of benzene rings is 1. The Morgan fingerprint density at radius 3 is 2.70 bits per heavy atom. The molecule has 0 aliphatic carbocycles. The summed E-state index contributed by atoms with van der Waals surface area (Å²) in [6.07, 6.45) is 1.89. The average Bonchev–Trinajstić information content (AvgIpc) is 2.56. The predicted octanol–water partition coefficient (Wildman–Crippen LogP) is 3.08. The number of hydrogen-bond donors (Lipinski definition) is 1. The van der Waals surface area contributed by atoms with Crippen LogP contribution in [0.25, 0.3) is 0 Å². The van der Waals surface area contributed by atoms with E-state index in [9.17, 15) is 14.9 Å². The number of methoxy groups -OCH3 is 1. The third-order valence-electron chi connectivity index (χ3n) is 3.10. The van der Waals surface area contributed by atoms with Crippen LogP contribution >= 0.6 is 11.6 Å². The van der Waals surface area contributed by atoms with Crippen molar-refractivity contribution in [3.05, 3.63) is 62.8 Å². The van der Waals surface area contributed by atoms with Crippen molar-refractivity contribution < 1.29 is 14.5 Å². The van der Waals surface area contributed by atoms with Crippen LogP contribution in [-0.2, 0) is 11.2 Å². The van der Waals surface area contributed by atoms with Gasteiger partial charge in [-0.05, 0) is 24.1 Å². The minimum absolute atomic E-state index is 0.0300. The molecule has 120 valence electrons. The summed E-state index contributed by atoms with van der Waals surface area (Å²) in [5, 5.41) is 14.7. The highest BCUT2D eigenvalue weighted by molar-refractivity contribution is 6.30. The molecule has 0 atom stereocenters. The summed E-state index contributed by atoms with van der Waals surface area (Å²) in [7, 11) is 1.20. The van der Waals surface area contributed by atoms with Gasteiger partial charge in [-0.15, -0.1) is 0 Å². The van der Waals surface area contributed by atoms with E-state index in [-0.39, 0.29) is 17.1 Å². The molecule has 1 heterocycles. The average molecular weight is 336 g/mol. The molecule has 2 rings (SSSR count). The Morgan fingerprint density at radius 1 is 1.39 bits per heavy atom. The maximum Gasteiger partial charge on any atom is 0.339 e. The number of hydrogen-bond acceptors (Lipinski definition) is 6. The second-order valence-electron chi connectivity index (χ2n) is 4.64. The molecule has 0 unspecified atom stereocenters. The number of nitro groups is 1. The van der Waals surface area contributed by atoms with E-state index in [0.717, 1.165) is 11.6 Å². The second kappa shape index (κ2) is 7.55. The number of carbonyl (C=O) groups excluding carboxylic acids is 1. The quantitative estimate of drug-likeness (QED) is 0.495. The molecule has 1 aromatic carbocycles. The fraction of sp³-hybridized carbons (Fsp3) is 0.200. The van der Waals surface area contributed by atoms with Gasteiger partial charge in [-0.3, -0.25) is 10.1 Å². The Hall–Kier alpha value is -2.67. The van der Waals surface area contributed by atoms with Crippen molar-refractivity contribution in [1.82, 2.24) is 4.98 Å². The second-order valence-corrected chi connectivity index (χ2v) is 5.08. The summed E-state index contributed by atoms with van der Waals surface area (Å²) in [6, 6.07) is 8.47. The van der Waals surface area contributed by atoms with E-state index in [2.05, 4.69) is 15.0 Å². The van der Waals surface area contributed by atoms with Gasteiger partial charge in [-0.2, -0.15) is 0 Å². The van der Waals surface area contributed by atoms with Crippen molar-refractivity contribution in [1.29, 1.82) is 0 Å². The Kier molecular flexibility index (Phi) is 5.48. The summed E-state index contributed by atoms with van der Waals surface area (Å²) in [6.45, 7) is 0.451. The van der Waals surface area contributed by atoms with Crippen LogP contribution < -0.4 is 5.32 Å². The Labute approximate surface area is 137 Å². The summed E-state index contributed by atoms with van der Waals surface area (Å²) < 4.78 is 4.53. The van der Waals surface area contributed by atoms with Gasteiger partial charge < -0.3 is 10.1 Å². The van der Waals surface area contributed by atoms with Crippen LogP contribution in [0.5, 0.6) is 0 Å². The minimum atomic E-state index is -0.673. The number of halogens is 1. The maximum absolute atomic E-state index is 11.4. The molecule has 0 bridgehead atoms. The Morgan fingerprint density at radius 2 is 2.09 bits per heavy atom. The monoisotopic (exact) mass is 335 g/mol. The fourth-order valence-corrected chi connectivity index (χ4v) is 2.06. The lowest BCUT2D eigenvalue weighted by molar-refractivity contribution is -0.384. The zero-order valence-electron chi connectivity index (χ0n) is 12.3. The normalized spacial score (nSPS) is 10.2. The zero-order valence-corrected chi connectivity index (χ0v) is 13.0. The van der Waals surface area contributed by atoms with E-state index in [1.807, 2.05) is 12.1 Å². The van der Waals surface area contributed by atoms with Crippen molar-refractivity contribution in [2.45, 2.75) is 6.42 Å². The van der Waals surface area contributed by atoms with Crippen LogP contribution in [0.4, 0.5) is 11.5 Å². The van der Waals surface area contributed by atoms with Crippen molar-refractivity contribution in [2.24, 2.45) is 0 Å². The van der Waals surface area contributed by atoms with Crippen molar-refractivity contribution in [2.75, 3.05) is 19.0 Å². The number of rotatable bonds is 6. The van der Waals surface area contributed by atoms with E-state index in [0.29, 0.717) is 18.0 Å². The molecule has 1 N–H and O–H groups in total. The van der Waals surface area contributed by atoms with Crippen LogP contribution in [-0.4, -0.2) is 29.5 Å². The zero-order chi connectivity index (χ0) is 16.8. The summed E-state index contributed by atoms with van der Waals surface area (Å²) in [4.78, 5) is 25.9. The molecule has 0 spiro atoms. The van der Waals surface area contributed by atoms with Crippen LogP contribution in [0.15, 0.2) is 36.5 Å². The molecule has 1 aromatic heterocycles. The van der Waals surface area contributed by atoms with Crippen molar-refractivity contribution >= 4 is 29.1 Å². The van der Waals surface area contributed by atoms with E-state index >= 15 is 0 Å². The van der Waals surface area contributed by atoms with Gasteiger partial charge in [0, 0.05) is 23.8 Å². The highest BCUT2D eigenvalue weighted by Crippen LogP contribution is 2.23. The van der Waals surface area contributed by atoms with Crippen LogP contribution in [0.1, 0.15) is 15.9 Å². The molecule has 0 aliphatic rings.